The number of nitrogens with one attached hydrogen (secondary N) is 1. The summed E-state index contributed by atoms with van der Waals surface area (Å²) in [6, 6.07) is 5.48. The van der Waals surface area contributed by atoms with Crippen LogP contribution < -0.4 is 5.32 Å². The van der Waals surface area contributed by atoms with Crippen LogP contribution in [0.25, 0.3) is 11.4 Å². The summed E-state index contributed by atoms with van der Waals surface area (Å²) < 4.78 is 14.0. The number of hydrogen-bond donors (Lipinski definition) is 1. The lowest BCUT2D eigenvalue weighted by atomic mass is 10.2. The van der Waals surface area contributed by atoms with E-state index in [0.717, 1.165) is 0 Å². The van der Waals surface area contributed by atoms with Crippen molar-refractivity contribution in [1.29, 1.82) is 0 Å². The molecule has 0 aliphatic carbocycles. The number of ether oxygens (including phenoxy) is 2. The first-order valence-corrected chi connectivity index (χ1v) is 8.17. The van der Waals surface area contributed by atoms with E-state index >= 15 is 0 Å². The van der Waals surface area contributed by atoms with Crippen LogP contribution in [0.5, 0.6) is 0 Å². The summed E-state index contributed by atoms with van der Waals surface area (Å²) in [5.41, 5.74) is 1.73. The molecule has 126 valence electrons. The Labute approximate surface area is 143 Å². The largest absolute Gasteiger partial charge is 0.462 e. The first-order chi connectivity index (χ1) is 11.7. The summed E-state index contributed by atoms with van der Waals surface area (Å²) in [5.74, 6) is -1.49. The Morgan fingerprint density at radius 1 is 1.21 bits per heavy atom. The van der Waals surface area contributed by atoms with Gasteiger partial charge in [0.05, 0.1) is 24.6 Å². The van der Waals surface area contributed by atoms with Gasteiger partial charge in [-0.25, -0.2) is 9.59 Å². The van der Waals surface area contributed by atoms with Crippen molar-refractivity contribution in [2.75, 3.05) is 18.5 Å². The van der Waals surface area contributed by atoms with Crippen molar-refractivity contribution >= 4 is 29.2 Å². The van der Waals surface area contributed by atoms with Gasteiger partial charge in [0.25, 0.3) is 0 Å². The van der Waals surface area contributed by atoms with E-state index in [1.165, 1.54) is 17.7 Å². The van der Waals surface area contributed by atoms with Gasteiger partial charge in [0.2, 0.25) is 0 Å². The molecule has 0 aliphatic heterocycles. The van der Waals surface area contributed by atoms with E-state index in [4.69, 9.17) is 9.47 Å². The Bertz CT molecular complexity index is 708. The minimum atomic E-state index is -0.744. The Morgan fingerprint density at radius 3 is 2.50 bits per heavy atom. The third kappa shape index (κ3) is 4.39. The fourth-order valence-electron chi connectivity index (χ4n) is 1.80. The molecule has 1 N–H and O–H groups in total. The van der Waals surface area contributed by atoms with Crippen LogP contribution in [0.1, 0.15) is 13.8 Å². The Hall–Kier alpha value is -2.74. The molecule has 0 spiro atoms. The fraction of sp³-hybridized carbons (Fsp3) is 0.250. The average molecular weight is 347 g/mol. The highest BCUT2D eigenvalue weighted by Crippen LogP contribution is 2.27. The molecular formula is C16H17N3O4S. The van der Waals surface area contributed by atoms with E-state index in [9.17, 15) is 9.59 Å². The lowest BCUT2D eigenvalue weighted by Crippen LogP contribution is -2.19. The average Bonchev–Trinajstić information content (AvgIpc) is 3.05. The summed E-state index contributed by atoms with van der Waals surface area (Å²) in [6.45, 7) is 3.65. The normalized spacial score (nSPS) is 9.92. The molecule has 8 heteroatoms. The highest BCUT2D eigenvalue weighted by Gasteiger charge is 2.21. The zero-order valence-electron chi connectivity index (χ0n) is 13.3. The standard InChI is InChI=1S/C16H17N3O4S/c1-3-22-15(20)11(16(21)23-4-2)9-18-13-10-24-19-14(13)12-7-5-6-8-17-12/h5-10,18H,3-4H2,1-2H3. The Balaban J connectivity index is 2.25. The SMILES string of the molecule is CCOC(=O)C(=CNc1csnc1-c1ccccn1)C(=O)OCC. The maximum absolute atomic E-state index is 11.9. The lowest BCUT2D eigenvalue weighted by molar-refractivity contribution is -0.146. The van der Waals surface area contributed by atoms with Crippen molar-refractivity contribution < 1.29 is 19.1 Å². The first-order valence-electron chi connectivity index (χ1n) is 7.34. The molecule has 0 aromatic carbocycles. The topological polar surface area (TPSA) is 90.4 Å². The molecule has 0 saturated carbocycles. The van der Waals surface area contributed by atoms with Crippen LogP contribution >= 0.6 is 11.5 Å². The number of rotatable bonds is 7. The second kappa shape index (κ2) is 8.78. The van der Waals surface area contributed by atoms with Crippen molar-refractivity contribution in [2.24, 2.45) is 0 Å². The molecule has 0 radical (unpaired) electrons. The van der Waals surface area contributed by atoms with Gasteiger partial charge in [-0.1, -0.05) is 6.07 Å². The molecular weight excluding hydrogens is 330 g/mol. The van der Waals surface area contributed by atoms with Crippen molar-refractivity contribution in [1.82, 2.24) is 9.36 Å². The molecule has 2 aromatic rings. The second-order valence-corrected chi connectivity index (χ2v) is 5.06. The third-order valence-electron chi connectivity index (χ3n) is 2.84. The maximum atomic E-state index is 11.9. The number of carbonyl (C=O) groups excluding carboxylic acids is 2. The zero-order valence-corrected chi connectivity index (χ0v) is 14.1. The number of carbonyl (C=O) groups is 2. The summed E-state index contributed by atoms with van der Waals surface area (Å²) in [5, 5.41) is 4.67. The van der Waals surface area contributed by atoms with Crippen LogP contribution in [0.15, 0.2) is 41.5 Å². The van der Waals surface area contributed by atoms with Gasteiger partial charge in [0.1, 0.15) is 5.69 Å². The van der Waals surface area contributed by atoms with E-state index in [2.05, 4.69) is 14.7 Å². The van der Waals surface area contributed by atoms with Crippen molar-refractivity contribution in [3.63, 3.8) is 0 Å². The molecule has 0 atom stereocenters. The van der Waals surface area contributed by atoms with Crippen molar-refractivity contribution in [2.45, 2.75) is 13.8 Å². The number of hydrogen-bond acceptors (Lipinski definition) is 8. The maximum Gasteiger partial charge on any atom is 0.347 e. The quantitative estimate of drug-likeness (QED) is 0.356. The summed E-state index contributed by atoms with van der Waals surface area (Å²) in [4.78, 5) is 28.1. The van der Waals surface area contributed by atoms with Crippen molar-refractivity contribution in [3.05, 3.63) is 41.5 Å². The van der Waals surface area contributed by atoms with Gasteiger partial charge in [-0.05, 0) is 37.5 Å². The highest BCUT2D eigenvalue weighted by atomic mass is 32.1. The molecule has 7 nitrogen and oxygen atoms in total. The number of anilines is 1. The summed E-state index contributed by atoms with van der Waals surface area (Å²) in [7, 11) is 0. The molecule has 0 unspecified atom stereocenters. The molecule has 0 fully saturated rings. The first kappa shape index (κ1) is 17.6. The van der Waals surface area contributed by atoms with Crippen LogP contribution in [0.2, 0.25) is 0 Å². The van der Waals surface area contributed by atoms with Crippen LogP contribution in [0, 0.1) is 0 Å². The van der Waals surface area contributed by atoms with Crippen LogP contribution in [-0.2, 0) is 19.1 Å². The zero-order chi connectivity index (χ0) is 17.4. The third-order valence-corrected chi connectivity index (χ3v) is 3.47. The van der Waals surface area contributed by atoms with Gasteiger partial charge in [0.15, 0.2) is 5.57 Å². The van der Waals surface area contributed by atoms with E-state index < -0.39 is 11.9 Å². The molecule has 0 aliphatic rings. The van der Waals surface area contributed by atoms with E-state index in [1.54, 1.807) is 25.4 Å². The summed E-state index contributed by atoms with van der Waals surface area (Å²) >= 11 is 1.24. The Morgan fingerprint density at radius 2 is 1.92 bits per heavy atom. The predicted molar refractivity (Wildman–Crippen MR) is 90.3 cm³/mol. The van der Waals surface area contributed by atoms with Gasteiger partial charge in [0, 0.05) is 17.8 Å². The second-order valence-electron chi connectivity index (χ2n) is 4.44. The number of pyridine rings is 1. The van der Waals surface area contributed by atoms with Gasteiger partial charge >= 0.3 is 11.9 Å². The molecule has 0 amide bonds. The molecule has 24 heavy (non-hydrogen) atoms. The lowest BCUT2D eigenvalue weighted by Gasteiger charge is -2.07. The van der Waals surface area contributed by atoms with E-state index in [1.807, 2.05) is 18.2 Å². The van der Waals surface area contributed by atoms with Crippen LogP contribution in [0.4, 0.5) is 5.69 Å². The number of esters is 2. The van der Waals surface area contributed by atoms with Crippen molar-refractivity contribution in [3.8, 4) is 11.4 Å². The molecule has 0 bridgehead atoms. The molecule has 2 heterocycles. The van der Waals surface area contributed by atoms with E-state index in [0.29, 0.717) is 17.1 Å². The van der Waals surface area contributed by atoms with E-state index in [-0.39, 0.29) is 18.8 Å². The Kier molecular flexibility index (Phi) is 6.44. The van der Waals surface area contributed by atoms with Gasteiger partial charge in [-0.3, -0.25) is 4.98 Å². The molecule has 2 aromatic heterocycles. The number of aromatic nitrogens is 2. The van der Waals surface area contributed by atoms with Crippen LogP contribution in [0.3, 0.4) is 0 Å². The fourth-order valence-corrected chi connectivity index (χ4v) is 2.43. The number of nitrogens with zero attached hydrogens (tertiary/aromatic N) is 2. The minimum absolute atomic E-state index is 0.161. The van der Waals surface area contributed by atoms with Gasteiger partial charge in [-0.15, -0.1) is 0 Å². The van der Waals surface area contributed by atoms with Gasteiger partial charge in [-0.2, -0.15) is 4.37 Å². The highest BCUT2D eigenvalue weighted by molar-refractivity contribution is 7.04. The van der Waals surface area contributed by atoms with Crippen LogP contribution in [-0.4, -0.2) is 34.5 Å². The monoisotopic (exact) mass is 347 g/mol. The molecule has 0 saturated heterocycles. The molecule has 2 rings (SSSR count). The summed E-state index contributed by atoms with van der Waals surface area (Å²) in [6.07, 6.45) is 2.93. The predicted octanol–water partition coefficient (Wildman–Crippen LogP) is 2.63. The smallest absolute Gasteiger partial charge is 0.347 e. The van der Waals surface area contributed by atoms with Gasteiger partial charge < -0.3 is 14.8 Å². The minimum Gasteiger partial charge on any atom is -0.462 e.